The highest BCUT2D eigenvalue weighted by molar-refractivity contribution is 5.95. The Morgan fingerprint density at radius 2 is 2.29 bits per heavy atom. The maximum absolute atomic E-state index is 12.2. The highest BCUT2D eigenvalue weighted by Gasteiger charge is 2.37. The fourth-order valence-electron chi connectivity index (χ4n) is 2.54. The highest BCUT2D eigenvalue weighted by atomic mass is 16.5. The minimum absolute atomic E-state index is 0.00917. The number of nitrogens with zero attached hydrogens (tertiary/aromatic N) is 1. The van der Waals surface area contributed by atoms with Crippen molar-refractivity contribution in [2.75, 3.05) is 13.2 Å². The molecule has 0 aromatic carbocycles. The lowest BCUT2D eigenvalue weighted by atomic mass is 10.0. The third-order valence-corrected chi connectivity index (χ3v) is 3.63. The molecule has 3 atom stereocenters. The molecule has 1 N–H and O–H groups in total. The van der Waals surface area contributed by atoms with Crippen molar-refractivity contribution < 1.29 is 14.3 Å². The van der Waals surface area contributed by atoms with Crippen LogP contribution in [0.5, 0.6) is 0 Å². The Labute approximate surface area is 101 Å². The zero-order chi connectivity index (χ0) is 12.4. The van der Waals surface area contributed by atoms with Crippen LogP contribution in [0.3, 0.4) is 0 Å². The van der Waals surface area contributed by atoms with Crippen molar-refractivity contribution in [1.29, 1.82) is 0 Å². The van der Waals surface area contributed by atoms with Gasteiger partial charge in [0.25, 0.3) is 0 Å². The molecule has 2 heterocycles. The van der Waals surface area contributed by atoms with Gasteiger partial charge in [-0.3, -0.25) is 9.59 Å². The van der Waals surface area contributed by atoms with E-state index >= 15 is 0 Å². The van der Waals surface area contributed by atoms with E-state index in [4.69, 9.17) is 4.74 Å². The van der Waals surface area contributed by atoms with Crippen LogP contribution in [-0.2, 0) is 14.3 Å². The predicted molar refractivity (Wildman–Crippen MR) is 62.4 cm³/mol. The molecule has 0 bridgehead atoms. The third kappa shape index (κ3) is 2.44. The van der Waals surface area contributed by atoms with Crippen LogP contribution in [0.4, 0.5) is 0 Å². The number of hydrogen-bond acceptors (Lipinski definition) is 3. The molecule has 5 heteroatoms. The Bertz CT molecular complexity index is 313. The molecule has 3 unspecified atom stereocenters. The number of hydrogen-bond donors (Lipinski definition) is 1. The molecule has 2 rings (SSSR count). The maximum atomic E-state index is 12.2. The second-order valence-corrected chi connectivity index (χ2v) is 4.79. The molecule has 2 saturated heterocycles. The van der Waals surface area contributed by atoms with Gasteiger partial charge >= 0.3 is 0 Å². The van der Waals surface area contributed by atoms with Gasteiger partial charge in [0.05, 0.1) is 18.7 Å². The van der Waals surface area contributed by atoms with Gasteiger partial charge in [-0.05, 0) is 26.2 Å². The highest BCUT2D eigenvalue weighted by Crippen LogP contribution is 2.21. The number of nitrogens with one attached hydrogen (secondary N) is 1. The summed E-state index contributed by atoms with van der Waals surface area (Å²) in [6.07, 6.45) is 2.74. The average Bonchev–Trinajstić information content (AvgIpc) is 2.84. The first-order chi connectivity index (χ1) is 8.13. The summed E-state index contributed by atoms with van der Waals surface area (Å²) in [5.74, 6) is -0.0450. The van der Waals surface area contributed by atoms with Crippen LogP contribution in [-0.4, -0.2) is 48.1 Å². The summed E-state index contributed by atoms with van der Waals surface area (Å²) < 4.78 is 5.59. The smallest absolute Gasteiger partial charge is 0.245 e. The van der Waals surface area contributed by atoms with Gasteiger partial charge in [-0.2, -0.15) is 0 Å². The molecule has 0 radical (unpaired) electrons. The standard InChI is InChI=1S/C12H20N2O3/c1-3-9-12(16)14(7-11(15)13-9)8(2)10-5-4-6-17-10/h8-10H,3-7H2,1-2H3,(H,13,15). The molecule has 0 saturated carbocycles. The fourth-order valence-corrected chi connectivity index (χ4v) is 2.54. The van der Waals surface area contributed by atoms with Crippen LogP contribution in [0.25, 0.3) is 0 Å². The van der Waals surface area contributed by atoms with Gasteiger partial charge in [0, 0.05) is 6.61 Å². The summed E-state index contributed by atoms with van der Waals surface area (Å²) in [5.41, 5.74) is 0. The van der Waals surface area contributed by atoms with E-state index in [9.17, 15) is 9.59 Å². The second-order valence-electron chi connectivity index (χ2n) is 4.79. The topological polar surface area (TPSA) is 58.6 Å². The largest absolute Gasteiger partial charge is 0.376 e. The second kappa shape index (κ2) is 5.04. The third-order valence-electron chi connectivity index (χ3n) is 3.63. The monoisotopic (exact) mass is 240 g/mol. The zero-order valence-electron chi connectivity index (χ0n) is 10.4. The SMILES string of the molecule is CCC1NC(=O)CN(C(C)C2CCCO2)C1=O. The molecule has 2 aliphatic rings. The Morgan fingerprint density at radius 1 is 1.53 bits per heavy atom. The summed E-state index contributed by atoms with van der Waals surface area (Å²) in [6, 6.07) is -0.370. The molecule has 0 aromatic rings. The fraction of sp³-hybridized carbons (Fsp3) is 0.833. The quantitative estimate of drug-likeness (QED) is 0.771. The first-order valence-electron chi connectivity index (χ1n) is 6.35. The van der Waals surface area contributed by atoms with Crippen molar-refractivity contribution >= 4 is 11.8 Å². The van der Waals surface area contributed by atoms with Gasteiger partial charge in [0.1, 0.15) is 6.04 Å². The predicted octanol–water partition coefficient (Wildman–Crippen LogP) is 0.291. The summed E-state index contributed by atoms with van der Waals surface area (Å²) in [7, 11) is 0. The summed E-state index contributed by atoms with van der Waals surface area (Å²) >= 11 is 0. The lowest BCUT2D eigenvalue weighted by molar-refractivity contribution is -0.148. The normalized spacial score (nSPS) is 31.5. The van der Waals surface area contributed by atoms with Gasteiger partial charge in [-0.15, -0.1) is 0 Å². The Kier molecular flexibility index (Phi) is 3.66. The zero-order valence-corrected chi connectivity index (χ0v) is 10.4. The number of carbonyl (C=O) groups excluding carboxylic acids is 2. The Morgan fingerprint density at radius 3 is 2.88 bits per heavy atom. The van der Waals surface area contributed by atoms with Crippen molar-refractivity contribution in [3.63, 3.8) is 0 Å². The lowest BCUT2D eigenvalue weighted by Gasteiger charge is -2.38. The molecule has 2 amide bonds. The van der Waals surface area contributed by atoms with E-state index in [1.54, 1.807) is 4.90 Å². The first kappa shape index (κ1) is 12.4. The molecule has 96 valence electrons. The number of ether oxygens (including phenoxy) is 1. The average molecular weight is 240 g/mol. The van der Waals surface area contributed by atoms with Gasteiger partial charge in [-0.1, -0.05) is 6.92 Å². The van der Waals surface area contributed by atoms with Crippen LogP contribution in [0.15, 0.2) is 0 Å². The molecule has 0 aromatic heterocycles. The number of amides is 2. The number of carbonyl (C=O) groups is 2. The van der Waals surface area contributed by atoms with Crippen molar-refractivity contribution in [1.82, 2.24) is 10.2 Å². The van der Waals surface area contributed by atoms with Crippen molar-refractivity contribution in [3.8, 4) is 0 Å². The van der Waals surface area contributed by atoms with Crippen LogP contribution in [0.1, 0.15) is 33.1 Å². The van der Waals surface area contributed by atoms with Crippen LogP contribution < -0.4 is 5.32 Å². The van der Waals surface area contributed by atoms with Crippen molar-refractivity contribution in [2.24, 2.45) is 0 Å². The molecule has 2 fully saturated rings. The number of rotatable bonds is 3. The van der Waals surface area contributed by atoms with E-state index < -0.39 is 0 Å². The van der Waals surface area contributed by atoms with Crippen LogP contribution >= 0.6 is 0 Å². The van der Waals surface area contributed by atoms with Crippen LogP contribution in [0.2, 0.25) is 0 Å². The molecular weight excluding hydrogens is 220 g/mol. The molecular formula is C12H20N2O3. The van der Waals surface area contributed by atoms with Crippen molar-refractivity contribution in [2.45, 2.75) is 51.3 Å². The van der Waals surface area contributed by atoms with Gasteiger partial charge in [-0.25, -0.2) is 0 Å². The van der Waals surface area contributed by atoms with E-state index in [0.29, 0.717) is 6.42 Å². The number of piperazine rings is 1. The van der Waals surface area contributed by atoms with E-state index in [0.717, 1.165) is 19.4 Å². The molecule has 2 aliphatic heterocycles. The summed E-state index contributed by atoms with van der Waals surface area (Å²) in [6.45, 7) is 4.80. The van der Waals surface area contributed by atoms with Gasteiger partial charge in [0.15, 0.2) is 0 Å². The Balaban J connectivity index is 2.06. The van der Waals surface area contributed by atoms with E-state index in [-0.39, 0.29) is 36.5 Å². The lowest BCUT2D eigenvalue weighted by Crippen LogP contribution is -2.61. The first-order valence-corrected chi connectivity index (χ1v) is 6.35. The minimum atomic E-state index is -0.361. The van der Waals surface area contributed by atoms with Gasteiger partial charge in [0.2, 0.25) is 11.8 Å². The van der Waals surface area contributed by atoms with E-state index in [1.165, 1.54) is 0 Å². The summed E-state index contributed by atoms with van der Waals surface area (Å²) in [4.78, 5) is 25.4. The minimum Gasteiger partial charge on any atom is -0.376 e. The summed E-state index contributed by atoms with van der Waals surface area (Å²) in [5, 5.41) is 2.72. The molecule has 0 spiro atoms. The Hall–Kier alpha value is -1.10. The van der Waals surface area contributed by atoms with E-state index in [2.05, 4.69) is 5.32 Å². The maximum Gasteiger partial charge on any atom is 0.245 e. The van der Waals surface area contributed by atoms with Crippen LogP contribution in [0, 0.1) is 0 Å². The van der Waals surface area contributed by atoms with E-state index in [1.807, 2.05) is 13.8 Å². The molecule has 0 aliphatic carbocycles. The molecule has 17 heavy (non-hydrogen) atoms. The molecule has 5 nitrogen and oxygen atoms in total. The van der Waals surface area contributed by atoms with Crippen molar-refractivity contribution in [3.05, 3.63) is 0 Å². The van der Waals surface area contributed by atoms with Gasteiger partial charge < -0.3 is 15.0 Å².